The van der Waals surface area contributed by atoms with Crippen molar-refractivity contribution in [2.24, 2.45) is 11.8 Å². The molecule has 2 bridgehead atoms. The highest BCUT2D eigenvalue weighted by Crippen LogP contribution is 2.50. The summed E-state index contributed by atoms with van der Waals surface area (Å²) in [6.45, 7) is 8.00. The van der Waals surface area contributed by atoms with E-state index in [0.717, 1.165) is 0 Å². The molecule has 0 radical (unpaired) electrons. The van der Waals surface area contributed by atoms with Crippen LogP contribution in [0.25, 0.3) is 0 Å². The molecule has 0 fully saturated rings. The third kappa shape index (κ3) is 2.27. The fraction of sp³-hybridized carbons (Fsp3) is 0.692. The van der Waals surface area contributed by atoms with Crippen LogP contribution in [0.1, 0.15) is 20.8 Å². The van der Waals surface area contributed by atoms with Gasteiger partial charge < -0.3 is 13.3 Å². The highest BCUT2D eigenvalue weighted by Gasteiger charge is 2.57. The van der Waals surface area contributed by atoms with Gasteiger partial charge in [0, 0.05) is 37.2 Å². The second-order valence-corrected chi connectivity index (χ2v) is 7.09. The van der Waals surface area contributed by atoms with Gasteiger partial charge in [-0.1, -0.05) is 24.3 Å². The average Bonchev–Trinajstić information content (AvgIpc) is 2.89. The van der Waals surface area contributed by atoms with Crippen LogP contribution >= 0.6 is 0 Å². The molecule has 0 saturated heterocycles. The summed E-state index contributed by atoms with van der Waals surface area (Å²) in [6, 6.07) is 0. The summed E-state index contributed by atoms with van der Waals surface area (Å²) in [5, 5.41) is 0. The minimum absolute atomic E-state index is 0.363. The second-order valence-electron chi connectivity index (χ2n) is 4.35. The van der Waals surface area contributed by atoms with E-state index >= 15 is 0 Å². The van der Waals surface area contributed by atoms with Gasteiger partial charge in [-0.15, -0.1) is 0 Å². The largest absolute Gasteiger partial charge is 0.506 e. The van der Waals surface area contributed by atoms with Crippen molar-refractivity contribution in [1.29, 1.82) is 0 Å². The zero-order valence-electron chi connectivity index (χ0n) is 10.9. The Balaban J connectivity index is 2.19. The van der Waals surface area contributed by atoms with Crippen molar-refractivity contribution >= 4 is 8.80 Å². The van der Waals surface area contributed by atoms with Gasteiger partial charge in [-0.25, -0.2) is 0 Å². The zero-order chi connectivity index (χ0) is 12.3. The number of hydrogen-bond donors (Lipinski definition) is 0. The SMILES string of the molecule is CCO[Si](OCC)(OCC)C1C2C=CC1C=C2. The molecular formula is C13H22O3Si. The molecule has 0 unspecified atom stereocenters. The summed E-state index contributed by atoms with van der Waals surface area (Å²) in [7, 11) is -2.55. The van der Waals surface area contributed by atoms with Gasteiger partial charge >= 0.3 is 8.80 Å². The summed E-state index contributed by atoms with van der Waals surface area (Å²) in [4.78, 5) is 0. The molecule has 3 nitrogen and oxygen atoms in total. The van der Waals surface area contributed by atoms with E-state index in [0.29, 0.717) is 37.2 Å². The van der Waals surface area contributed by atoms with Gasteiger partial charge in [0.15, 0.2) is 0 Å². The first-order valence-corrected chi connectivity index (χ1v) is 8.36. The maximum Gasteiger partial charge on any atom is 0.506 e. The molecule has 0 aromatic heterocycles. The topological polar surface area (TPSA) is 27.7 Å². The van der Waals surface area contributed by atoms with Crippen LogP contribution in [0.5, 0.6) is 0 Å². The van der Waals surface area contributed by atoms with Crippen LogP contribution in [-0.4, -0.2) is 28.6 Å². The first-order valence-electron chi connectivity index (χ1n) is 6.56. The molecule has 0 aromatic carbocycles. The molecule has 96 valence electrons. The van der Waals surface area contributed by atoms with Crippen molar-refractivity contribution in [2.45, 2.75) is 26.3 Å². The molecule has 0 spiro atoms. The Kier molecular flexibility index (Phi) is 4.20. The number of hydrogen-bond acceptors (Lipinski definition) is 3. The van der Waals surface area contributed by atoms with Crippen molar-refractivity contribution in [3.63, 3.8) is 0 Å². The fourth-order valence-corrected chi connectivity index (χ4v) is 6.29. The lowest BCUT2D eigenvalue weighted by atomic mass is 10.1. The average molecular weight is 254 g/mol. The first-order chi connectivity index (χ1) is 8.27. The Morgan fingerprint density at radius 3 is 1.41 bits per heavy atom. The smallest absolute Gasteiger partial charge is 0.374 e. The molecule has 0 amide bonds. The van der Waals surface area contributed by atoms with Crippen LogP contribution in [-0.2, 0) is 13.3 Å². The van der Waals surface area contributed by atoms with E-state index in [-0.39, 0.29) is 0 Å². The van der Waals surface area contributed by atoms with Gasteiger partial charge in [-0.05, 0) is 20.8 Å². The Hall–Kier alpha value is -0.423. The lowest BCUT2D eigenvalue weighted by Crippen LogP contribution is -2.52. The van der Waals surface area contributed by atoms with E-state index < -0.39 is 8.80 Å². The van der Waals surface area contributed by atoms with Crippen LogP contribution in [0, 0.1) is 11.8 Å². The maximum atomic E-state index is 5.99. The van der Waals surface area contributed by atoms with Crippen molar-refractivity contribution < 1.29 is 13.3 Å². The van der Waals surface area contributed by atoms with Gasteiger partial charge in [-0.2, -0.15) is 0 Å². The second kappa shape index (κ2) is 5.48. The zero-order valence-corrected chi connectivity index (χ0v) is 11.9. The highest BCUT2D eigenvalue weighted by molar-refractivity contribution is 6.63. The Bertz CT molecular complexity index is 267. The molecule has 0 N–H and O–H groups in total. The quantitative estimate of drug-likeness (QED) is 0.516. The lowest BCUT2D eigenvalue weighted by molar-refractivity contribution is 0.0574. The van der Waals surface area contributed by atoms with E-state index in [9.17, 15) is 0 Å². The van der Waals surface area contributed by atoms with Crippen LogP contribution in [0.2, 0.25) is 5.54 Å². The standard InChI is InChI=1S/C13H22O3Si/c1-4-14-17(15-5-2,16-6-3)13-11-7-8-12(13)10-9-11/h7-13H,4-6H2,1-3H3. The van der Waals surface area contributed by atoms with Crippen LogP contribution in [0.3, 0.4) is 0 Å². The predicted molar refractivity (Wildman–Crippen MR) is 69.6 cm³/mol. The molecule has 0 heterocycles. The lowest BCUT2D eigenvalue weighted by Gasteiger charge is -2.35. The number of fused-ring (bicyclic) bond motifs is 2. The number of allylic oxidation sites excluding steroid dienone is 4. The van der Waals surface area contributed by atoms with Gasteiger partial charge in [0.1, 0.15) is 0 Å². The third-order valence-electron chi connectivity index (χ3n) is 3.39. The van der Waals surface area contributed by atoms with Crippen molar-refractivity contribution in [3.05, 3.63) is 24.3 Å². The minimum atomic E-state index is -2.55. The van der Waals surface area contributed by atoms with Gasteiger partial charge in [-0.3, -0.25) is 0 Å². The summed E-state index contributed by atoms with van der Waals surface area (Å²) in [6.07, 6.45) is 9.03. The van der Waals surface area contributed by atoms with Crippen molar-refractivity contribution in [1.82, 2.24) is 0 Å². The molecule has 2 aliphatic carbocycles. The maximum absolute atomic E-state index is 5.99. The molecule has 4 heteroatoms. The monoisotopic (exact) mass is 254 g/mol. The highest BCUT2D eigenvalue weighted by atomic mass is 28.4. The normalized spacial score (nSPS) is 30.4. The summed E-state index contributed by atoms with van der Waals surface area (Å²) in [5.74, 6) is 0.882. The molecule has 2 rings (SSSR count). The van der Waals surface area contributed by atoms with E-state index in [1.54, 1.807) is 0 Å². The molecule has 17 heavy (non-hydrogen) atoms. The van der Waals surface area contributed by atoms with Crippen LogP contribution in [0.4, 0.5) is 0 Å². The Morgan fingerprint density at radius 2 is 1.12 bits per heavy atom. The van der Waals surface area contributed by atoms with Gasteiger partial charge in [0.05, 0.1) is 0 Å². The predicted octanol–water partition coefficient (Wildman–Crippen LogP) is 2.78. The Labute approximate surface area is 105 Å². The molecule has 0 saturated carbocycles. The van der Waals surface area contributed by atoms with E-state index in [1.165, 1.54) is 0 Å². The third-order valence-corrected chi connectivity index (χ3v) is 7.04. The number of rotatable bonds is 7. The van der Waals surface area contributed by atoms with E-state index in [2.05, 4.69) is 24.3 Å². The summed E-state index contributed by atoms with van der Waals surface area (Å²) < 4.78 is 18.0. The van der Waals surface area contributed by atoms with Crippen molar-refractivity contribution in [3.8, 4) is 0 Å². The molecular weight excluding hydrogens is 232 g/mol. The fourth-order valence-electron chi connectivity index (χ4n) is 2.87. The summed E-state index contributed by atoms with van der Waals surface area (Å²) in [5.41, 5.74) is 0.363. The Morgan fingerprint density at radius 1 is 0.765 bits per heavy atom. The minimum Gasteiger partial charge on any atom is -0.374 e. The molecule has 0 aliphatic heterocycles. The molecule has 0 atom stereocenters. The summed E-state index contributed by atoms with van der Waals surface area (Å²) >= 11 is 0. The van der Waals surface area contributed by atoms with Crippen molar-refractivity contribution in [2.75, 3.05) is 19.8 Å². The van der Waals surface area contributed by atoms with Gasteiger partial charge in [0.2, 0.25) is 0 Å². The molecule has 2 aliphatic rings. The first kappa shape index (κ1) is 13.0. The van der Waals surface area contributed by atoms with Crippen LogP contribution in [0.15, 0.2) is 24.3 Å². The van der Waals surface area contributed by atoms with E-state index in [1.807, 2.05) is 20.8 Å². The molecule has 0 aromatic rings. The van der Waals surface area contributed by atoms with Gasteiger partial charge in [0.25, 0.3) is 0 Å². The van der Waals surface area contributed by atoms with E-state index in [4.69, 9.17) is 13.3 Å². The van der Waals surface area contributed by atoms with Crippen LogP contribution < -0.4 is 0 Å².